The van der Waals surface area contributed by atoms with Crippen LogP contribution in [0.5, 0.6) is 17.2 Å². The third-order valence-electron chi connectivity index (χ3n) is 4.07. The molecule has 0 aromatic heterocycles. The van der Waals surface area contributed by atoms with Crippen LogP contribution in [0.15, 0.2) is 70.2 Å². The van der Waals surface area contributed by atoms with Crippen LogP contribution in [0.2, 0.25) is 5.02 Å². The number of carbonyl (C=O) groups is 1. The molecule has 0 aliphatic rings. The lowest BCUT2D eigenvalue weighted by molar-refractivity contribution is 0.0954. The number of aromatic hydroxyl groups is 1. The van der Waals surface area contributed by atoms with Crippen LogP contribution in [-0.2, 0) is 6.61 Å². The van der Waals surface area contributed by atoms with E-state index in [0.717, 1.165) is 5.56 Å². The summed E-state index contributed by atoms with van der Waals surface area (Å²) in [5, 5.41) is 14.0. The first-order chi connectivity index (χ1) is 14.5. The van der Waals surface area contributed by atoms with E-state index in [-0.39, 0.29) is 12.4 Å². The van der Waals surface area contributed by atoms with Gasteiger partial charge in [0.2, 0.25) is 0 Å². The molecule has 2 N–H and O–H groups in total. The maximum Gasteiger partial charge on any atom is 0.271 e. The number of methoxy groups -OCH3 is 1. The van der Waals surface area contributed by atoms with Crippen LogP contribution in [0.3, 0.4) is 0 Å². The lowest BCUT2D eigenvalue weighted by Crippen LogP contribution is -2.17. The zero-order valence-electron chi connectivity index (χ0n) is 15.9. The molecule has 0 fully saturated rings. The van der Waals surface area contributed by atoms with E-state index in [9.17, 15) is 9.90 Å². The van der Waals surface area contributed by atoms with Crippen LogP contribution in [0.1, 0.15) is 21.5 Å². The third-order valence-corrected chi connectivity index (χ3v) is 5.03. The number of hydrogen-bond acceptors (Lipinski definition) is 5. The van der Waals surface area contributed by atoms with Crippen LogP contribution in [0.4, 0.5) is 0 Å². The number of ether oxygens (including phenoxy) is 2. The highest BCUT2D eigenvalue weighted by Crippen LogP contribution is 2.37. The summed E-state index contributed by atoms with van der Waals surface area (Å²) in [4.78, 5) is 12.1. The van der Waals surface area contributed by atoms with E-state index in [2.05, 4.69) is 26.5 Å². The Hall–Kier alpha value is -3.03. The lowest BCUT2D eigenvalue weighted by atomic mass is 10.2. The molecule has 3 aromatic carbocycles. The highest BCUT2D eigenvalue weighted by atomic mass is 79.9. The number of nitrogens with one attached hydrogen (secondary N) is 1. The topological polar surface area (TPSA) is 80.2 Å². The number of phenols is 1. The van der Waals surface area contributed by atoms with Crippen LogP contribution < -0.4 is 14.9 Å². The van der Waals surface area contributed by atoms with E-state index in [4.69, 9.17) is 21.1 Å². The predicted molar refractivity (Wildman–Crippen MR) is 120 cm³/mol. The van der Waals surface area contributed by atoms with Crippen molar-refractivity contribution in [2.45, 2.75) is 6.61 Å². The number of hydrazone groups is 1. The van der Waals surface area contributed by atoms with E-state index in [1.807, 2.05) is 18.2 Å². The van der Waals surface area contributed by atoms with Crippen LogP contribution >= 0.6 is 27.5 Å². The zero-order chi connectivity index (χ0) is 21.5. The molecular weight excluding hydrogens is 472 g/mol. The lowest BCUT2D eigenvalue weighted by Gasteiger charge is -2.14. The minimum atomic E-state index is -0.437. The number of phenolic OH excluding ortho intramolecular Hbond substituents is 1. The Balaban J connectivity index is 1.71. The van der Waals surface area contributed by atoms with Gasteiger partial charge >= 0.3 is 0 Å². The van der Waals surface area contributed by atoms with Gasteiger partial charge in [-0.25, -0.2) is 5.43 Å². The second kappa shape index (κ2) is 10.1. The third kappa shape index (κ3) is 5.52. The summed E-state index contributed by atoms with van der Waals surface area (Å²) in [6, 6.07) is 17.0. The molecule has 0 aliphatic carbocycles. The molecule has 6 nitrogen and oxygen atoms in total. The molecule has 3 rings (SSSR count). The monoisotopic (exact) mass is 488 g/mol. The summed E-state index contributed by atoms with van der Waals surface area (Å²) in [7, 11) is 1.54. The fourth-order valence-electron chi connectivity index (χ4n) is 2.60. The first-order valence-electron chi connectivity index (χ1n) is 8.84. The molecule has 0 saturated heterocycles. The maximum atomic E-state index is 12.1. The van der Waals surface area contributed by atoms with Gasteiger partial charge in [0.15, 0.2) is 11.5 Å². The smallest absolute Gasteiger partial charge is 0.271 e. The summed E-state index contributed by atoms with van der Waals surface area (Å²) in [6.07, 6.45) is 1.48. The van der Waals surface area contributed by atoms with Crippen LogP contribution in [0, 0.1) is 0 Å². The molecule has 3 aromatic rings. The first kappa shape index (κ1) is 21.7. The van der Waals surface area contributed by atoms with E-state index in [0.29, 0.717) is 32.1 Å². The molecule has 8 heteroatoms. The fourth-order valence-corrected chi connectivity index (χ4v) is 3.36. The number of halogens is 2. The zero-order valence-corrected chi connectivity index (χ0v) is 18.3. The van der Waals surface area contributed by atoms with Gasteiger partial charge in [0.05, 0.1) is 17.8 Å². The molecule has 0 atom stereocenters. The van der Waals surface area contributed by atoms with Crippen molar-refractivity contribution in [1.29, 1.82) is 0 Å². The highest BCUT2D eigenvalue weighted by Gasteiger charge is 2.12. The molecule has 0 unspecified atom stereocenters. The summed E-state index contributed by atoms with van der Waals surface area (Å²) >= 11 is 9.66. The van der Waals surface area contributed by atoms with Crippen molar-refractivity contribution >= 4 is 39.7 Å². The standard InChI is InChI=1S/C22H18BrClN2O4/c1-29-20-10-14(12-25-26-22(28)15-6-4-7-17(27)11-15)9-18(23)21(20)30-13-16-5-2-3-8-19(16)24/h2-12,27H,13H2,1H3,(H,26,28). The van der Waals surface area contributed by atoms with E-state index >= 15 is 0 Å². The van der Waals surface area contributed by atoms with Gasteiger partial charge in [0.1, 0.15) is 12.4 Å². The van der Waals surface area contributed by atoms with Gasteiger partial charge in [0.25, 0.3) is 5.91 Å². The minimum absolute atomic E-state index is 0.00711. The SMILES string of the molecule is COc1cc(C=NNC(=O)c2cccc(O)c2)cc(Br)c1OCc1ccccc1Cl. The molecule has 1 amide bonds. The molecular formula is C22H18BrClN2O4. The van der Waals surface area contributed by atoms with Gasteiger partial charge in [0, 0.05) is 16.1 Å². The van der Waals surface area contributed by atoms with Crippen LogP contribution in [-0.4, -0.2) is 24.3 Å². The largest absolute Gasteiger partial charge is 0.508 e. The van der Waals surface area contributed by atoms with Crippen molar-refractivity contribution in [2.75, 3.05) is 7.11 Å². The average molecular weight is 490 g/mol. The van der Waals surface area contributed by atoms with E-state index in [1.165, 1.54) is 25.5 Å². The van der Waals surface area contributed by atoms with Crippen molar-refractivity contribution in [3.63, 3.8) is 0 Å². The predicted octanol–water partition coefficient (Wildman–Crippen LogP) is 5.16. The maximum absolute atomic E-state index is 12.1. The normalized spacial score (nSPS) is 10.8. The second-order valence-electron chi connectivity index (χ2n) is 6.16. The number of carbonyl (C=O) groups excluding carboxylic acids is 1. The summed E-state index contributed by atoms with van der Waals surface area (Å²) in [6.45, 7) is 0.280. The van der Waals surface area contributed by atoms with Crippen molar-refractivity contribution in [3.8, 4) is 17.2 Å². The Labute approximate surface area is 187 Å². The van der Waals surface area contributed by atoms with E-state index < -0.39 is 5.91 Å². The number of nitrogens with zero attached hydrogens (tertiary/aromatic N) is 1. The molecule has 0 heterocycles. The number of amides is 1. The Morgan fingerprint density at radius 1 is 1.20 bits per heavy atom. The molecule has 0 spiro atoms. The van der Waals surface area contributed by atoms with Crippen LogP contribution in [0.25, 0.3) is 0 Å². The Kier molecular flexibility index (Phi) is 7.32. The van der Waals surface area contributed by atoms with Gasteiger partial charge in [-0.3, -0.25) is 4.79 Å². The highest BCUT2D eigenvalue weighted by molar-refractivity contribution is 9.10. The van der Waals surface area contributed by atoms with Crippen molar-refractivity contribution in [1.82, 2.24) is 5.43 Å². The Morgan fingerprint density at radius 2 is 2.00 bits per heavy atom. The first-order valence-corrected chi connectivity index (χ1v) is 10.0. The second-order valence-corrected chi connectivity index (χ2v) is 7.43. The Bertz CT molecular complexity index is 1090. The fraction of sp³-hybridized carbons (Fsp3) is 0.0909. The van der Waals surface area contributed by atoms with E-state index in [1.54, 1.807) is 30.3 Å². The van der Waals surface area contributed by atoms with Gasteiger partial charge in [-0.2, -0.15) is 5.10 Å². The molecule has 0 radical (unpaired) electrons. The quantitative estimate of drug-likeness (QED) is 0.355. The average Bonchev–Trinajstić information content (AvgIpc) is 2.73. The van der Waals surface area contributed by atoms with Crippen molar-refractivity contribution in [2.24, 2.45) is 5.10 Å². The Morgan fingerprint density at radius 3 is 2.73 bits per heavy atom. The summed E-state index contributed by atoms with van der Waals surface area (Å²) < 4.78 is 12.0. The van der Waals surface area contributed by atoms with Gasteiger partial charge in [-0.1, -0.05) is 35.9 Å². The number of hydrogen-bond donors (Lipinski definition) is 2. The summed E-state index contributed by atoms with van der Waals surface area (Å²) in [5.41, 5.74) is 4.25. The minimum Gasteiger partial charge on any atom is -0.508 e. The van der Waals surface area contributed by atoms with Gasteiger partial charge < -0.3 is 14.6 Å². The molecule has 0 bridgehead atoms. The molecule has 0 saturated carbocycles. The summed E-state index contributed by atoms with van der Waals surface area (Å²) in [5.74, 6) is 0.594. The number of rotatable bonds is 7. The van der Waals surface area contributed by atoms with Gasteiger partial charge in [-0.15, -0.1) is 0 Å². The van der Waals surface area contributed by atoms with Crippen molar-refractivity contribution in [3.05, 3.63) is 86.8 Å². The van der Waals surface area contributed by atoms with Crippen molar-refractivity contribution < 1.29 is 19.4 Å². The molecule has 154 valence electrons. The van der Waals surface area contributed by atoms with Gasteiger partial charge in [-0.05, 0) is 57.9 Å². The molecule has 30 heavy (non-hydrogen) atoms. The molecule has 0 aliphatic heterocycles. The number of benzene rings is 3.